The molecule has 5 heteroatoms. The van der Waals surface area contributed by atoms with Crippen LogP contribution < -0.4 is 0 Å². The lowest BCUT2D eigenvalue weighted by Crippen LogP contribution is -2.11. The van der Waals surface area contributed by atoms with Crippen LogP contribution in [0.4, 0.5) is 0 Å². The molecule has 0 atom stereocenters. The molecule has 1 N–H and O–H groups in total. The van der Waals surface area contributed by atoms with Gasteiger partial charge in [-0.15, -0.1) is 0 Å². The molecular weight excluding hydrogens is 264 g/mol. The van der Waals surface area contributed by atoms with Gasteiger partial charge in [0.15, 0.2) is 0 Å². The summed E-state index contributed by atoms with van der Waals surface area (Å²) in [5.74, 6) is -0.464. The van der Waals surface area contributed by atoms with Crippen LogP contribution in [0.25, 0.3) is 0 Å². The largest absolute Gasteiger partial charge is 0.481 e. The van der Waals surface area contributed by atoms with Crippen LogP contribution in [0.3, 0.4) is 0 Å². The molecule has 0 aromatic heterocycles. The maximum absolute atomic E-state index is 11.7. The zero-order chi connectivity index (χ0) is 14.6. The standard InChI is InChI=1S/C14H28O4S/c1-2-3-4-5-6-7-9-12-19(17,18)13-10-8-11-14(15)16/h2-13H2,1H3,(H,15,16). The number of aliphatic carboxylic acids is 1. The molecule has 4 nitrogen and oxygen atoms in total. The summed E-state index contributed by atoms with van der Waals surface area (Å²) in [5.41, 5.74) is 0. The number of hydrogen-bond donors (Lipinski definition) is 1. The Kier molecular flexibility index (Phi) is 10.9. The van der Waals surface area contributed by atoms with Gasteiger partial charge in [0.05, 0.1) is 11.5 Å². The number of unbranched alkanes of at least 4 members (excludes halogenated alkanes) is 7. The van der Waals surface area contributed by atoms with Crippen molar-refractivity contribution in [1.29, 1.82) is 0 Å². The summed E-state index contributed by atoms with van der Waals surface area (Å²) in [6.45, 7) is 2.18. The number of carboxylic acids is 1. The molecule has 0 aliphatic carbocycles. The van der Waals surface area contributed by atoms with Crippen molar-refractivity contribution in [2.75, 3.05) is 11.5 Å². The number of carboxylic acid groups (broad SMARTS) is 1. The van der Waals surface area contributed by atoms with Gasteiger partial charge in [0, 0.05) is 6.42 Å². The van der Waals surface area contributed by atoms with Gasteiger partial charge in [-0.05, 0) is 19.3 Å². The number of hydrogen-bond acceptors (Lipinski definition) is 3. The average Bonchev–Trinajstić information content (AvgIpc) is 2.33. The van der Waals surface area contributed by atoms with Gasteiger partial charge in [0.25, 0.3) is 0 Å². The van der Waals surface area contributed by atoms with Crippen LogP contribution in [0.15, 0.2) is 0 Å². The molecule has 0 bridgehead atoms. The fourth-order valence-corrected chi connectivity index (χ4v) is 3.47. The zero-order valence-electron chi connectivity index (χ0n) is 12.1. The van der Waals surface area contributed by atoms with Gasteiger partial charge >= 0.3 is 5.97 Å². The molecule has 0 aliphatic rings. The molecule has 19 heavy (non-hydrogen) atoms. The lowest BCUT2D eigenvalue weighted by molar-refractivity contribution is -0.137. The lowest BCUT2D eigenvalue weighted by Gasteiger charge is -2.04. The van der Waals surface area contributed by atoms with Gasteiger partial charge in [0.2, 0.25) is 0 Å². The summed E-state index contributed by atoms with van der Waals surface area (Å²) < 4.78 is 23.3. The van der Waals surface area contributed by atoms with Gasteiger partial charge in [-0.1, -0.05) is 45.4 Å². The third-order valence-electron chi connectivity index (χ3n) is 3.15. The Morgan fingerprint density at radius 3 is 1.84 bits per heavy atom. The van der Waals surface area contributed by atoms with Gasteiger partial charge in [-0.25, -0.2) is 8.42 Å². The third-order valence-corrected chi connectivity index (χ3v) is 4.98. The van der Waals surface area contributed by atoms with E-state index in [0.717, 1.165) is 19.3 Å². The first-order chi connectivity index (χ1) is 8.98. The van der Waals surface area contributed by atoms with Crippen molar-refractivity contribution >= 4 is 15.8 Å². The van der Waals surface area contributed by atoms with Gasteiger partial charge in [0.1, 0.15) is 9.84 Å². The first-order valence-corrected chi connectivity index (χ1v) is 9.22. The molecule has 0 aromatic carbocycles. The second-order valence-electron chi connectivity index (χ2n) is 5.12. The molecule has 0 amide bonds. The number of carbonyl (C=O) groups is 1. The van der Waals surface area contributed by atoms with E-state index in [9.17, 15) is 13.2 Å². The number of sulfone groups is 1. The molecule has 0 saturated carbocycles. The molecule has 0 rings (SSSR count). The smallest absolute Gasteiger partial charge is 0.303 e. The van der Waals surface area contributed by atoms with Crippen LogP contribution in [0.2, 0.25) is 0 Å². The first-order valence-electron chi connectivity index (χ1n) is 7.40. The van der Waals surface area contributed by atoms with E-state index >= 15 is 0 Å². The summed E-state index contributed by atoms with van der Waals surface area (Å²) in [6.07, 6.45) is 8.77. The summed E-state index contributed by atoms with van der Waals surface area (Å²) >= 11 is 0. The SMILES string of the molecule is CCCCCCCCCS(=O)(=O)CCCCC(=O)O. The molecule has 0 spiro atoms. The Bertz CT molecular complexity index is 322. The Morgan fingerprint density at radius 2 is 1.32 bits per heavy atom. The minimum absolute atomic E-state index is 0.0624. The van der Waals surface area contributed by atoms with Crippen LogP contribution >= 0.6 is 0 Å². The van der Waals surface area contributed by atoms with Crippen molar-refractivity contribution in [3.05, 3.63) is 0 Å². The van der Waals surface area contributed by atoms with E-state index in [1.165, 1.54) is 25.7 Å². The molecule has 0 heterocycles. The summed E-state index contributed by atoms with van der Waals surface area (Å²) in [6, 6.07) is 0. The molecule has 0 fully saturated rings. The minimum Gasteiger partial charge on any atom is -0.481 e. The highest BCUT2D eigenvalue weighted by atomic mass is 32.2. The van der Waals surface area contributed by atoms with E-state index in [2.05, 4.69) is 6.92 Å². The second kappa shape index (κ2) is 11.3. The van der Waals surface area contributed by atoms with Crippen LogP contribution in [0, 0.1) is 0 Å². The van der Waals surface area contributed by atoms with Gasteiger partial charge < -0.3 is 5.11 Å². The Balaban J connectivity index is 3.49. The highest BCUT2D eigenvalue weighted by Gasteiger charge is 2.10. The third kappa shape index (κ3) is 13.6. The average molecular weight is 292 g/mol. The molecule has 0 radical (unpaired) electrons. The van der Waals surface area contributed by atoms with E-state index in [1.807, 2.05) is 0 Å². The van der Waals surface area contributed by atoms with Crippen LogP contribution in [0.5, 0.6) is 0 Å². The fraction of sp³-hybridized carbons (Fsp3) is 0.929. The Labute approximate surface area is 117 Å². The maximum atomic E-state index is 11.7. The molecule has 0 aromatic rings. The monoisotopic (exact) mass is 292 g/mol. The molecule has 0 unspecified atom stereocenters. The number of rotatable bonds is 13. The predicted molar refractivity (Wildman–Crippen MR) is 78.1 cm³/mol. The van der Waals surface area contributed by atoms with Gasteiger partial charge in [-0.3, -0.25) is 4.79 Å². The van der Waals surface area contributed by atoms with Crippen molar-refractivity contribution in [3.8, 4) is 0 Å². The van der Waals surface area contributed by atoms with Crippen molar-refractivity contribution < 1.29 is 18.3 Å². The predicted octanol–water partition coefficient (Wildman–Crippen LogP) is 3.41. The highest BCUT2D eigenvalue weighted by molar-refractivity contribution is 7.91. The topological polar surface area (TPSA) is 71.4 Å². The quantitative estimate of drug-likeness (QED) is 0.528. The first kappa shape index (κ1) is 18.4. The summed E-state index contributed by atoms with van der Waals surface area (Å²) in [4.78, 5) is 10.3. The maximum Gasteiger partial charge on any atom is 0.303 e. The Hall–Kier alpha value is -0.580. The van der Waals surface area contributed by atoms with E-state index in [-0.39, 0.29) is 17.9 Å². The molecule has 0 saturated heterocycles. The second-order valence-corrected chi connectivity index (χ2v) is 7.43. The van der Waals surface area contributed by atoms with E-state index in [0.29, 0.717) is 12.8 Å². The van der Waals surface area contributed by atoms with Crippen molar-refractivity contribution in [2.45, 2.75) is 71.1 Å². The van der Waals surface area contributed by atoms with E-state index in [4.69, 9.17) is 5.11 Å². The van der Waals surface area contributed by atoms with Crippen molar-refractivity contribution in [1.82, 2.24) is 0 Å². The molecule has 0 aliphatic heterocycles. The van der Waals surface area contributed by atoms with Crippen molar-refractivity contribution in [3.63, 3.8) is 0 Å². The van der Waals surface area contributed by atoms with Gasteiger partial charge in [-0.2, -0.15) is 0 Å². The van der Waals surface area contributed by atoms with Crippen LogP contribution in [0.1, 0.15) is 71.1 Å². The normalized spacial score (nSPS) is 11.6. The highest BCUT2D eigenvalue weighted by Crippen LogP contribution is 2.09. The zero-order valence-corrected chi connectivity index (χ0v) is 12.9. The lowest BCUT2D eigenvalue weighted by atomic mass is 10.1. The van der Waals surface area contributed by atoms with E-state index in [1.54, 1.807) is 0 Å². The van der Waals surface area contributed by atoms with Crippen LogP contribution in [-0.4, -0.2) is 31.0 Å². The molecular formula is C14H28O4S. The van der Waals surface area contributed by atoms with E-state index < -0.39 is 15.8 Å². The fourth-order valence-electron chi connectivity index (χ4n) is 1.98. The van der Waals surface area contributed by atoms with Crippen molar-refractivity contribution in [2.24, 2.45) is 0 Å². The minimum atomic E-state index is -2.97. The molecule has 114 valence electrons. The summed E-state index contributed by atoms with van der Waals surface area (Å²) in [7, 11) is -2.97. The Morgan fingerprint density at radius 1 is 0.842 bits per heavy atom. The summed E-state index contributed by atoms with van der Waals surface area (Å²) in [5, 5.41) is 8.46. The van der Waals surface area contributed by atoms with Crippen LogP contribution in [-0.2, 0) is 14.6 Å².